The van der Waals surface area contributed by atoms with E-state index in [1.165, 1.54) is 11.6 Å². The number of ether oxygens (including phenoxy) is 1. The van der Waals surface area contributed by atoms with Crippen LogP contribution < -0.4 is 15.5 Å². The minimum atomic E-state index is -1.26. The van der Waals surface area contributed by atoms with Gasteiger partial charge in [-0.3, -0.25) is 4.79 Å². The molecule has 0 bridgehead atoms. The molecule has 4 rings (SSSR count). The number of rotatable bonds is 11. The molecule has 9 heteroatoms. The van der Waals surface area contributed by atoms with Crippen LogP contribution in [0.5, 0.6) is 5.75 Å². The third kappa shape index (κ3) is 9.58. The molecule has 1 unspecified atom stereocenters. The Labute approximate surface area is 224 Å². The van der Waals surface area contributed by atoms with Crippen LogP contribution in [-0.4, -0.2) is 53.1 Å². The van der Waals surface area contributed by atoms with Gasteiger partial charge in [0.1, 0.15) is 18.5 Å². The third-order valence-corrected chi connectivity index (χ3v) is 5.39. The van der Waals surface area contributed by atoms with Gasteiger partial charge in [-0.1, -0.05) is 66.7 Å². The molecule has 0 spiro atoms. The number of para-hydroxylation sites is 1. The SMILES string of the molecule is O=C(O)/C=C\C(=O)O.O=c1cc(-c2ccccc2)oc2c(OCC(O)CNCCc3ccccc3)cccc12. The van der Waals surface area contributed by atoms with Gasteiger partial charge in [0.25, 0.3) is 0 Å². The molecule has 1 atom stereocenters. The molecule has 4 N–H and O–H groups in total. The molecular weight excluding hydrogens is 502 g/mol. The van der Waals surface area contributed by atoms with Crippen molar-refractivity contribution in [3.05, 3.63) is 113 Å². The summed E-state index contributed by atoms with van der Waals surface area (Å²) in [6, 6.07) is 26.4. The van der Waals surface area contributed by atoms with Crippen molar-refractivity contribution in [3.63, 3.8) is 0 Å². The number of carbonyl (C=O) groups is 2. The Morgan fingerprint density at radius 3 is 2.18 bits per heavy atom. The van der Waals surface area contributed by atoms with Gasteiger partial charge in [-0.15, -0.1) is 0 Å². The molecule has 0 aliphatic heterocycles. The summed E-state index contributed by atoms with van der Waals surface area (Å²) in [5.41, 5.74) is 2.33. The molecule has 202 valence electrons. The first-order valence-corrected chi connectivity index (χ1v) is 12.1. The Morgan fingerprint density at radius 1 is 0.897 bits per heavy atom. The number of carboxylic acids is 2. The van der Waals surface area contributed by atoms with E-state index in [1.807, 2.05) is 48.5 Å². The zero-order valence-corrected chi connectivity index (χ0v) is 21.0. The van der Waals surface area contributed by atoms with E-state index in [-0.39, 0.29) is 12.0 Å². The fraction of sp³-hybridized carbons (Fsp3) is 0.167. The van der Waals surface area contributed by atoms with Gasteiger partial charge in [0.05, 0.1) is 5.39 Å². The number of hydrogen-bond acceptors (Lipinski definition) is 7. The van der Waals surface area contributed by atoms with Crippen LogP contribution in [0, 0.1) is 0 Å². The summed E-state index contributed by atoms with van der Waals surface area (Å²) in [6.07, 6.45) is 1.32. The van der Waals surface area contributed by atoms with Gasteiger partial charge in [-0.2, -0.15) is 0 Å². The Morgan fingerprint density at radius 2 is 1.54 bits per heavy atom. The summed E-state index contributed by atoms with van der Waals surface area (Å²) in [5.74, 6) is -1.59. The summed E-state index contributed by atoms with van der Waals surface area (Å²) in [4.78, 5) is 31.7. The maximum atomic E-state index is 12.6. The number of carboxylic acid groups (broad SMARTS) is 2. The Bertz CT molecular complexity index is 1430. The first-order chi connectivity index (χ1) is 18.8. The van der Waals surface area contributed by atoms with E-state index in [9.17, 15) is 19.5 Å². The van der Waals surface area contributed by atoms with E-state index < -0.39 is 18.0 Å². The van der Waals surface area contributed by atoms with E-state index in [0.29, 0.717) is 41.2 Å². The van der Waals surface area contributed by atoms with Gasteiger partial charge in [0.2, 0.25) is 0 Å². The highest BCUT2D eigenvalue weighted by molar-refractivity contribution is 5.89. The zero-order valence-electron chi connectivity index (χ0n) is 21.0. The van der Waals surface area contributed by atoms with Crippen LogP contribution in [0.3, 0.4) is 0 Å². The zero-order chi connectivity index (χ0) is 28.0. The van der Waals surface area contributed by atoms with E-state index in [2.05, 4.69) is 17.4 Å². The Balaban J connectivity index is 0.000000459. The number of fused-ring (bicyclic) bond motifs is 1. The number of aliphatic hydroxyl groups is 1. The predicted molar refractivity (Wildman–Crippen MR) is 147 cm³/mol. The maximum absolute atomic E-state index is 12.6. The van der Waals surface area contributed by atoms with Crippen molar-refractivity contribution in [2.45, 2.75) is 12.5 Å². The number of benzene rings is 3. The van der Waals surface area contributed by atoms with Crippen molar-refractivity contribution in [2.24, 2.45) is 0 Å². The van der Waals surface area contributed by atoms with Gasteiger partial charge in [0.15, 0.2) is 16.8 Å². The monoisotopic (exact) mass is 531 g/mol. The van der Waals surface area contributed by atoms with Crippen LogP contribution in [0.15, 0.2) is 106 Å². The smallest absolute Gasteiger partial charge is 0.328 e. The highest BCUT2D eigenvalue weighted by atomic mass is 16.5. The number of aliphatic hydroxyl groups excluding tert-OH is 1. The molecule has 0 saturated carbocycles. The van der Waals surface area contributed by atoms with Crippen molar-refractivity contribution >= 4 is 22.9 Å². The average Bonchev–Trinajstić information content (AvgIpc) is 2.94. The molecular formula is C30H29NO8. The molecule has 9 nitrogen and oxygen atoms in total. The summed E-state index contributed by atoms with van der Waals surface area (Å²) >= 11 is 0. The molecule has 1 aromatic heterocycles. The van der Waals surface area contributed by atoms with Gasteiger partial charge in [0, 0.05) is 30.3 Å². The third-order valence-electron chi connectivity index (χ3n) is 5.39. The van der Waals surface area contributed by atoms with Crippen LogP contribution in [0.2, 0.25) is 0 Å². The molecule has 39 heavy (non-hydrogen) atoms. The molecule has 1 heterocycles. The fourth-order valence-electron chi connectivity index (χ4n) is 3.54. The Kier molecular flexibility index (Phi) is 11.0. The second-order valence-electron chi connectivity index (χ2n) is 8.39. The van der Waals surface area contributed by atoms with Gasteiger partial charge in [-0.05, 0) is 30.7 Å². The van der Waals surface area contributed by atoms with Crippen LogP contribution in [-0.2, 0) is 16.0 Å². The predicted octanol–water partition coefficient (Wildman–Crippen LogP) is 3.74. The van der Waals surface area contributed by atoms with E-state index >= 15 is 0 Å². The van der Waals surface area contributed by atoms with Crippen molar-refractivity contribution < 1.29 is 34.1 Å². The minimum Gasteiger partial charge on any atom is -0.487 e. The quantitative estimate of drug-likeness (QED) is 0.168. The molecule has 3 aromatic carbocycles. The maximum Gasteiger partial charge on any atom is 0.328 e. The molecule has 4 aromatic rings. The number of nitrogens with one attached hydrogen (secondary N) is 1. The number of aliphatic carboxylic acids is 2. The van der Waals surface area contributed by atoms with Crippen molar-refractivity contribution in [1.82, 2.24) is 5.32 Å². The summed E-state index contributed by atoms with van der Waals surface area (Å²) in [7, 11) is 0. The van der Waals surface area contributed by atoms with E-state index in [4.69, 9.17) is 19.4 Å². The standard InChI is InChI=1S/C26H25NO4.C4H4O4/c28-21(17-27-15-14-19-8-3-1-4-9-19)18-30-24-13-7-12-22-23(29)16-25(31-26(22)24)20-10-5-2-6-11-20;5-3(6)1-2-4(7)8/h1-13,16,21,27-28H,14-15,17-18H2;1-2H,(H,5,6)(H,7,8)/b;2-1-. The molecule has 0 amide bonds. The summed E-state index contributed by atoms with van der Waals surface area (Å²) in [5, 5.41) is 29.6. The van der Waals surface area contributed by atoms with E-state index in [0.717, 1.165) is 18.5 Å². The minimum absolute atomic E-state index is 0.0940. The molecule has 0 saturated heterocycles. The van der Waals surface area contributed by atoms with Gasteiger partial charge in [-0.25, -0.2) is 9.59 Å². The topological polar surface area (TPSA) is 146 Å². The highest BCUT2D eigenvalue weighted by Crippen LogP contribution is 2.28. The van der Waals surface area contributed by atoms with Gasteiger partial charge < -0.3 is 29.8 Å². The lowest BCUT2D eigenvalue weighted by molar-refractivity contribution is -0.134. The van der Waals surface area contributed by atoms with Crippen molar-refractivity contribution in [2.75, 3.05) is 19.7 Å². The van der Waals surface area contributed by atoms with Crippen molar-refractivity contribution in [1.29, 1.82) is 0 Å². The van der Waals surface area contributed by atoms with Crippen LogP contribution >= 0.6 is 0 Å². The first kappa shape index (κ1) is 28.8. The summed E-state index contributed by atoms with van der Waals surface area (Å²) in [6.45, 7) is 1.28. The lowest BCUT2D eigenvalue weighted by Gasteiger charge is -2.14. The molecule has 0 aliphatic carbocycles. The average molecular weight is 532 g/mol. The van der Waals surface area contributed by atoms with Crippen LogP contribution in [0.1, 0.15) is 5.56 Å². The molecule has 0 fully saturated rings. The first-order valence-electron chi connectivity index (χ1n) is 12.1. The largest absolute Gasteiger partial charge is 0.487 e. The lowest BCUT2D eigenvalue weighted by atomic mass is 10.1. The van der Waals surface area contributed by atoms with Crippen LogP contribution in [0.4, 0.5) is 0 Å². The number of hydrogen-bond donors (Lipinski definition) is 4. The fourth-order valence-corrected chi connectivity index (χ4v) is 3.54. The summed E-state index contributed by atoms with van der Waals surface area (Å²) < 4.78 is 11.8. The van der Waals surface area contributed by atoms with Crippen LogP contribution in [0.25, 0.3) is 22.3 Å². The van der Waals surface area contributed by atoms with E-state index in [1.54, 1.807) is 18.2 Å². The Hall–Kier alpha value is -4.73. The van der Waals surface area contributed by atoms with Crippen molar-refractivity contribution in [3.8, 4) is 17.1 Å². The second-order valence-corrected chi connectivity index (χ2v) is 8.39. The molecule has 0 aliphatic rings. The second kappa shape index (κ2) is 14.9. The lowest BCUT2D eigenvalue weighted by Crippen LogP contribution is -2.32. The highest BCUT2D eigenvalue weighted by Gasteiger charge is 2.13. The van der Waals surface area contributed by atoms with Gasteiger partial charge >= 0.3 is 11.9 Å². The normalized spacial score (nSPS) is 11.5. The molecule has 0 radical (unpaired) electrons.